The number of fused-ring (bicyclic) bond motifs is 2. The molecule has 2 atom stereocenters. The van der Waals surface area contributed by atoms with E-state index in [0.717, 1.165) is 32.0 Å². The molecular formula is C14H16O2. The van der Waals surface area contributed by atoms with Gasteiger partial charge in [-0.15, -0.1) is 0 Å². The molecule has 3 rings (SSSR count). The van der Waals surface area contributed by atoms with Crippen molar-refractivity contribution in [1.82, 2.24) is 0 Å². The van der Waals surface area contributed by atoms with Crippen LogP contribution in [-0.2, 0) is 16.6 Å². The smallest absolute Gasteiger partial charge is 0.123 e. The molecule has 1 N–H and O–H groups in total. The Morgan fingerprint density at radius 2 is 2.25 bits per heavy atom. The van der Waals surface area contributed by atoms with E-state index in [9.17, 15) is 9.90 Å². The Kier molecular flexibility index (Phi) is 2.06. The van der Waals surface area contributed by atoms with Crippen molar-refractivity contribution in [3.8, 4) is 5.75 Å². The summed E-state index contributed by atoms with van der Waals surface area (Å²) in [7, 11) is 0. The van der Waals surface area contributed by atoms with Crippen molar-refractivity contribution in [2.75, 3.05) is 0 Å². The second kappa shape index (κ2) is 3.34. The van der Waals surface area contributed by atoms with Gasteiger partial charge in [-0.2, -0.15) is 0 Å². The number of phenols is 1. The summed E-state index contributed by atoms with van der Waals surface area (Å²) < 4.78 is 0. The fraction of sp³-hybridized carbons (Fsp3) is 0.500. The van der Waals surface area contributed by atoms with E-state index in [-0.39, 0.29) is 11.3 Å². The number of benzene rings is 1. The molecule has 2 nitrogen and oxygen atoms in total. The van der Waals surface area contributed by atoms with Crippen LogP contribution in [0.4, 0.5) is 0 Å². The lowest BCUT2D eigenvalue weighted by atomic mass is 9.52. The molecule has 2 aliphatic rings. The summed E-state index contributed by atoms with van der Waals surface area (Å²) >= 11 is 0. The van der Waals surface area contributed by atoms with Crippen molar-refractivity contribution in [1.29, 1.82) is 0 Å². The average molecular weight is 216 g/mol. The molecule has 0 radical (unpaired) electrons. The summed E-state index contributed by atoms with van der Waals surface area (Å²) in [6.07, 6.45) is 6.59. The summed E-state index contributed by atoms with van der Waals surface area (Å²) in [5, 5.41) is 9.61. The van der Waals surface area contributed by atoms with Gasteiger partial charge in [0.25, 0.3) is 0 Å². The molecule has 0 aliphatic heterocycles. The van der Waals surface area contributed by atoms with Crippen molar-refractivity contribution in [2.45, 2.75) is 37.5 Å². The molecule has 0 saturated heterocycles. The van der Waals surface area contributed by atoms with Gasteiger partial charge in [0, 0.05) is 11.3 Å². The van der Waals surface area contributed by atoms with Crippen LogP contribution in [0.2, 0.25) is 0 Å². The molecule has 1 aromatic carbocycles. The van der Waals surface area contributed by atoms with Gasteiger partial charge in [-0.3, -0.25) is 0 Å². The Morgan fingerprint density at radius 1 is 1.38 bits per heavy atom. The van der Waals surface area contributed by atoms with Gasteiger partial charge in [0.05, 0.1) is 0 Å². The van der Waals surface area contributed by atoms with Gasteiger partial charge in [-0.25, -0.2) is 0 Å². The van der Waals surface area contributed by atoms with Crippen LogP contribution in [0.5, 0.6) is 5.75 Å². The highest BCUT2D eigenvalue weighted by atomic mass is 16.3. The first-order valence-corrected chi connectivity index (χ1v) is 6.04. The van der Waals surface area contributed by atoms with Crippen molar-refractivity contribution in [2.24, 2.45) is 5.92 Å². The van der Waals surface area contributed by atoms with E-state index in [4.69, 9.17) is 0 Å². The summed E-state index contributed by atoms with van der Waals surface area (Å²) in [5.74, 6) is 0.505. The number of rotatable bonds is 1. The third kappa shape index (κ3) is 1.16. The molecule has 84 valence electrons. The first kappa shape index (κ1) is 9.88. The second-order valence-corrected chi connectivity index (χ2v) is 5.13. The third-order valence-electron chi connectivity index (χ3n) is 4.47. The van der Waals surface area contributed by atoms with Crippen molar-refractivity contribution >= 4 is 6.29 Å². The lowest BCUT2D eigenvalue weighted by molar-refractivity contribution is -0.117. The van der Waals surface area contributed by atoms with Crippen LogP contribution in [0, 0.1) is 5.92 Å². The van der Waals surface area contributed by atoms with E-state index in [1.165, 1.54) is 17.5 Å². The van der Waals surface area contributed by atoms with Crippen LogP contribution in [0.1, 0.15) is 36.8 Å². The highest BCUT2D eigenvalue weighted by Crippen LogP contribution is 2.54. The van der Waals surface area contributed by atoms with Gasteiger partial charge in [-0.05, 0) is 55.4 Å². The van der Waals surface area contributed by atoms with Crippen LogP contribution < -0.4 is 0 Å². The molecule has 0 aromatic heterocycles. The molecule has 1 spiro atoms. The highest BCUT2D eigenvalue weighted by molar-refractivity contribution is 5.62. The second-order valence-electron chi connectivity index (χ2n) is 5.13. The minimum Gasteiger partial charge on any atom is -0.508 e. The maximum absolute atomic E-state index is 11.1. The number of aromatic hydroxyl groups is 1. The lowest BCUT2D eigenvalue weighted by Gasteiger charge is -2.51. The molecule has 0 heterocycles. The lowest BCUT2D eigenvalue weighted by Crippen LogP contribution is -2.47. The van der Waals surface area contributed by atoms with E-state index >= 15 is 0 Å². The quantitative estimate of drug-likeness (QED) is 0.732. The van der Waals surface area contributed by atoms with Crippen molar-refractivity contribution in [3.05, 3.63) is 29.3 Å². The van der Waals surface area contributed by atoms with Gasteiger partial charge in [0.1, 0.15) is 12.0 Å². The molecule has 0 unspecified atom stereocenters. The fourth-order valence-electron chi connectivity index (χ4n) is 3.48. The van der Waals surface area contributed by atoms with Crippen LogP contribution in [-0.4, -0.2) is 11.4 Å². The third-order valence-corrected chi connectivity index (χ3v) is 4.47. The summed E-state index contributed by atoms with van der Waals surface area (Å²) in [4.78, 5) is 11.1. The number of hydrogen-bond donors (Lipinski definition) is 1. The summed E-state index contributed by atoms with van der Waals surface area (Å²) in [6, 6.07) is 5.66. The summed E-state index contributed by atoms with van der Waals surface area (Å²) in [5.41, 5.74) is 2.63. The number of aryl methyl sites for hydroxylation is 1. The Bertz CT molecular complexity index is 438. The van der Waals surface area contributed by atoms with E-state index in [1.54, 1.807) is 6.07 Å². The van der Waals surface area contributed by atoms with Crippen LogP contribution in [0.3, 0.4) is 0 Å². The number of phenolic OH excluding ortho intramolecular Hbond substituents is 1. The number of aldehydes is 1. The van der Waals surface area contributed by atoms with E-state index in [0.29, 0.717) is 5.75 Å². The highest BCUT2D eigenvalue weighted by Gasteiger charge is 2.49. The molecule has 1 saturated carbocycles. The SMILES string of the molecule is O=C[C@H]1CC[C@]12CCCc1ccc(O)cc12. The molecule has 16 heavy (non-hydrogen) atoms. The van der Waals surface area contributed by atoms with Crippen LogP contribution >= 0.6 is 0 Å². The van der Waals surface area contributed by atoms with E-state index in [1.807, 2.05) is 12.1 Å². The van der Waals surface area contributed by atoms with Gasteiger partial charge in [-0.1, -0.05) is 6.07 Å². The minimum absolute atomic E-state index is 0.0636. The van der Waals surface area contributed by atoms with Gasteiger partial charge < -0.3 is 9.90 Å². The zero-order valence-electron chi connectivity index (χ0n) is 9.28. The Labute approximate surface area is 95.3 Å². The van der Waals surface area contributed by atoms with Gasteiger partial charge in [0.15, 0.2) is 0 Å². The molecule has 2 heteroatoms. The van der Waals surface area contributed by atoms with Gasteiger partial charge >= 0.3 is 0 Å². The molecular weight excluding hydrogens is 200 g/mol. The monoisotopic (exact) mass is 216 g/mol. The standard InChI is InChI=1S/C14H16O2/c15-9-11-5-7-14(11)6-1-2-10-3-4-12(16)8-13(10)14/h3-4,8-9,11,16H,1-2,5-7H2/t11-,14-/m1/s1. The van der Waals surface area contributed by atoms with Gasteiger partial charge in [0.2, 0.25) is 0 Å². The fourth-order valence-corrected chi connectivity index (χ4v) is 3.48. The topological polar surface area (TPSA) is 37.3 Å². The maximum atomic E-state index is 11.1. The molecule has 1 aromatic rings. The predicted octanol–water partition coefficient (Wildman–Crippen LogP) is 2.58. The molecule has 2 aliphatic carbocycles. The Morgan fingerprint density at radius 3 is 2.94 bits per heavy atom. The molecule has 0 bridgehead atoms. The first-order valence-electron chi connectivity index (χ1n) is 6.04. The van der Waals surface area contributed by atoms with Crippen LogP contribution in [0.15, 0.2) is 18.2 Å². The van der Waals surface area contributed by atoms with E-state index < -0.39 is 0 Å². The average Bonchev–Trinajstić information content (AvgIpc) is 2.27. The Hall–Kier alpha value is -1.31. The first-order chi connectivity index (χ1) is 7.76. The zero-order valence-corrected chi connectivity index (χ0v) is 9.28. The Balaban J connectivity index is 2.12. The predicted molar refractivity (Wildman–Crippen MR) is 61.5 cm³/mol. The van der Waals surface area contributed by atoms with Crippen LogP contribution in [0.25, 0.3) is 0 Å². The molecule has 1 fully saturated rings. The zero-order chi connectivity index (χ0) is 11.2. The number of carbonyl (C=O) groups is 1. The number of hydrogen-bond acceptors (Lipinski definition) is 2. The largest absolute Gasteiger partial charge is 0.508 e. The number of carbonyl (C=O) groups excluding carboxylic acids is 1. The maximum Gasteiger partial charge on any atom is 0.123 e. The van der Waals surface area contributed by atoms with Crippen molar-refractivity contribution in [3.63, 3.8) is 0 Å². The van der Waals surface area contributed by atoms with E-state index in [2.05, 4.69) is 0 Å². The molecule has 0 amide bonds. The minimum atomic E-state index is 0.0636. The summed E-state index contributed by atoms with van der Waals surface area (Å²) in [6.45, 7) is 0. The van der Waals surface area contributed by atoms with Crippen molar-refractivity contribution < 1.29 is 9.90 Å². The normalized spacial score (nSPS) is 31.9.